The molecule has 1 spiro atoms. The minimum Gasteiger partial charge on any atom is -0.490 e. The van der Waals surface area contributed by atoms with Gasteiger partial charge in [0.15, 0.2) is 0 Å². The summed E-state index contributed by atoms with van der Waals surface area (Å²) >= 11 is 0. The number of hydrogen-bond acceptors (Lipinski definition) is 7. The number of benzene rings is 2. The van der Waals surface area contributed by atoms with Crippen molar-refractivity contribution in [2.45, 2.75) is 70.6 Å². The van der Waals surface area contributed by atoms with E-state index in [0.29, 0.717) is 5.41 Å². The van der Waals surface area contributed by atoms with Crippen LogP contribution in [-0.4, -0.2) is 55.1 Å². The van der Waals surface area contributed by atoms with Crippen LogP contribution in [-0.2, 0) is 14.9 Å². The highest BCUT2D eigenvalue weighted by molar-refractivity contribution is 5.68. The van der Waals surface area contributed by atoms with Crippen molar-refractivity contribution >= 4 is 11.9 Å². The number of amides is 1. The number of anilines is 1. The van der Waals surface area contributed by atoms with E-state index in [0.717, 1.165) is 62.2 Å². The van der Waals surface area contributed by atoms with Crippen LogP contribution in [0.5, 0.6) is 17.2 Å². The van der Waals surface area contributed by atoms with Gasteiger partial charge in [0.05, 0.1) is 24.8 Å². The number of pyridine rings is 1. The largest absolute Gasteiger partial charge is 0.490 e. The fourth-order valence-corrected chi connectivity index (χ4v) is 5.76. The number of ether oxygens (including phenoxy) is 4. The lowest BCUT2D eigenvalue weighted by Gasteiger charge is -2.55. The van der Waals surface area contributed by atoms with Crippen molar-refractivity contribution in [1.82, 2.24) is 10.3 Å². The average Bonchev–Trinajstić information content (AvgIpc) is 2.86. The molecule has 6 rings (SSSR count). The first kappa shape index (κ1) is 28.3. The summed E-state index contributed by atoms with van der Waals surface area (Å²) in [5, 5.41) is 2.91. The summed E-state index contributed by atoms with van der Waals surface area (Å²) in [6.07, 6.45) is 3.06. The van der Waals surface area contributed by atoms with E-state index >= 15 is 0 Å². The van der Waals surface area contributed by atoms with Crippen molar-refractivity contribution in [3.05, 3.63) is 78.0 Å². The molecule has 8 nitrogen and oxygen atoms in total. The molecule has 2 aliphatic heterocycles. The van der Waals surface area contributed by atoms with Crippen molar-refractivity contribution in [1.29, 1.82) is 0 Å². The molecule has 42 heavy (non-hydrogen) atoms. The second-order valence-electron chi connectivity index (χ2n) is 13.5. The maximum Gasteiger partial charge on any atom is 0.407 e. The highest BCUT2D eigenvalue weighted by atomic mass is 16.6. The van der Waals surface area contributed by atoms with Crippen molar-refractivity contribution in [2.24, 2.45) is 5.41 Å². The minimum atomic E-state index is -0.497. The lowest BCUT2D eigenvalue weighted by Crippen LogP contribution is -2.66. The Kier molecular flexibility index (Phi) is 7.29. The molecule has 3 heterocycles. The van der Waals surface area contributed by atoms with Crippen LogP contribution in [0.2, 0.25) is 0 Å². The first-order valence-corrected chi connectivity index (χ1v) is 14.8. The van der Waals surface area contributed by atoms with Gasteiger partial charge in [-0.3, -0.25) is 0 Å². The molecule has 1 saturated carbocycles. The third-order valence-electron chi connectivity index (χ3n) is 8.42. The highest BCUT2D eigenvalue weighted by Crippen LogP contribution is 2.40. The number of nitrogens with zero attached hydrogens (tertiary/aromatic N) is 2. The molecule has 222 valence electrons. The molecule has 3 aromatic rings. The molecule has 0 unspecified atom stereocenters. The Labute approximate surface area is 248 Å². The Morgan fingerprint density at radius 3 is 2.00 bits per heavy atom. The zero-order chi connectivity index (χ0) is 29.5. The average molecular weight is 572 g/mol. The number of rotatable bonds is 8. The molecular formula is C34H41N3O5. The van der Waals surface area contributed by atoms with Gasteiger partial charge in [0, 0.05) is 37.4 Å². The Bertz CT molecular complexity index is 1380. The van der Waals surface area contributed by atoms with Crippen molar-refractivity contribution in [3.8, 4) is 17.2 Å². The molecule has 3 aliphatic rings. The van der Waals surface area contributed by atoms with Gasteiger partial charge in [-0.15, -0.1) is 0 Å². The van der Waals surface area contributed by atoms with Gasteiger partial charge in [0.1, 0.15) is 34.8 Å². The lowest BCUT2D eigenvalue weighted by atomic mass is 9.78. The molecule has 3 fully saturated rings. The molecule has 1 aliphatic carbocycles. The molecule has 2 saturated heterocycles. The minimum absolute atomic E-state index is 0.0893. The van der Waals surface area contributed by atoms with Crippen LogP contribution in [0, 0.1) is 5.41 Å². The van der Waals surface area contributed by atoms with E-state index < -0.39 is 5.60 Å². The van der Waals surface area contributed by atoms with E-state index in [1.54, 1.807) is 6.20 Å². The molecule has 0 radical (unpaired) electrons. The zero-order valence-corrected chi connectivity index (χ0v) is 25.2. The molecule has 0 bridgehead atoms. The number of aromatic nitrogens is 1. The van der Waals surface area contributed by atoms with Gasteiger partial charge < -0.3 is 29.2 Å². The second-order valence-corrected chi connectivity index (χ2v) is 13.5. The molecular weight excluding hydrogens is 530 g/mol. The van der Waals surface area contributed by atoms with Crippen LogP contribution in [0.1, 0.15) is 58.6 Å². The Balaban J connectivity index is 0.987. The van der Waals surface area contributed by atoms with E-state index in [-0.39, 0.29) is 23.7 Å². The van der Waals surface area contributed by atoms with Crippen molar-refractivity contribution in [3.63, 3.8) is 0 Å². The Morgan fingerprint density at radius 1 is 0.881 bits per heavy atom. The number of carbonyl (C=O) groups is 1. The van der Waals surface area contributed by atoms with Crippen LogP contribution in [0.15, 0.2) is 66.9 Å². The fraction of sp³-hybridized carbons (Fsp3) is 0.471. The number of carbonyl (C=O) groups excluding carboxylic acids is 1. The second kappa shape index (κ2) is 10.8. The summed E-state index contributed by atoms with van der Waals surface area (Å²) in [4.78, 5) is 18.9. The van der Waals surface area contributed by atoms with Gasteiger partial charge in [0.25, 0.3) is 0 Å². The van der Waals surface area contributed by atoms with Crippen molar-refractivity contribution < 1.29 is 23.7 Å². The van der Waals surface area contributed by atoms with Crippen LogP contribution in [0.25, 0.3) is 0 Å². The van der Waals surface area contributed by atoms with E-state index in [2.05, 4.69) is 53.3 Å². The van der Waals surface area contributed by atoms with Gasteiger partial charge in [-0.2, -0.15) is 0 Å². The monoisotopic (exact) mass is 571 g/mol. The van der Waals surface area contributed by atoms with Gasteiger partial charge in [-0.05, 0) is 68.3 Å². The van der Waals surface area contributed by atoms with Crippen LogP contribution in [0.3, 0.4) is 0 Å². The zero-order valence-electron chi connectivity index (χ0n) is 25.2. The summed E-state index contributed by atoms with van der Waals surface area (Å²) in [6, 6.07) is 20.7. The molecule has 8 heteroatoms. The number of hydrogen-bond donors (Lipinski definition) is 1. The third kappa shape index (κ3) is 6.19. The number of alkyl carbamates (subject to hydrolysis) is 1. The summed E-state index contributed by atoms with van der Waals surface area (Å²) < 4.78 is 22.9. The predicted molar refractivity (Wildman–Crippen MR) is 162 cm³/mol. The van der Waals surface area contributed by atoms with Crippen molar-refractivity contribution in [2.75, 3.05) is 31.2 Å². The maximum atomic E-state index is 12.0. The normalized spacial score (nSPS) is 21.0. The highest BCUT2D eigenvalue weighted by Gasteiger charge is 2.49. The van der Waals surface area contributed by atoms with E-state index in [1.807, 2.05) is 57.2 Å². The summed E-state index contributed by atoms with van der Waals surface area (Å²) in [7, 11) is 0. The topological polar surface area (TPSA) is 82.2 Å². The first-order valence-electron chi connectivity index (χ1n) is 14.8. The fourth-order valence-electron chi connectivity index (χ4n) is 5.76. The van der Waals surface area contributed by atoms with Gasteiger partial charge in [-0.1, -0.05) is 38.1 Å². The van der Waals surface area contributed by atoms with Gasteiger partial charge in [-0.25, -0.2) is 9.78 Å². The quantitative estimate of drug-likeness (QED) is 0.332. The van der Waals surface area contributed by atoms with Gasteiger partial charge >= 0.3 is 6.09 Å². The predicted octanol–water partition coefficient (Wildman–Crippen LogP) is 6.47. The summed E-state index contributed by atoms with van der Waals surface area (Å²) in [6.45, 7) is 13.8. The Morgan fingerprint density at radius 2 is 1.48 bits per heavy atom. The molecule has 1 N–H and O–H groups in total. The summed E-state index contributed by atoms with van der Waals surface area (Å²) in [5.74, 6) is 3.33. The smallest absolute Gasteiger partial charge is 0.407 e. The molecule has 1 aromatic heterocycles. The lowest BCUT2D eigenvalue weighted by molar-refractivity contribution is -0.127. The van der Waals surface area contributed by atoms with E-state index in [9.17, 15) is 4.79 Å². The summed E-state index contributed by atoms with van der Waals surface area (Å²) in [5.41, 5.74) is 2.07. The Hall–Kier alpha value is -3.78. The van der Waals surface area contributed by atoms with Crippen LogP contribution in [0.4, 0.5) is 10.6 Å². The third-order valence-corrected chi connectivity index (χ3v) is 8.42. The van der Waals surface area contributed by atoms with Gasteiger partial charge in [0.2, 0.25) is 0 Å². The van der Waals surface area contributed by atoms with E-state index in [1.165, 1.54) is 11.1 Å². The van der Waals surface area contributed by atoms with E-state index in [4.69, 9.17) is 18.9 Å². The molecule has 1 amide bonds. The van der Waals surface area contributed by atoms with Crippen LogP contribution >= 0.6 is 0 Å². The van der Waals surface area contributed by atoms with Crippen LogP contribution < -0.4 is 19.7 Å². The molecule has 0 atom stereocenters. The first-order chi connectivity index (χ1) is 20.0. The number of nitrogens with one attached hydrogen (secondary N) is 1. The SMILES string of the molecule is CC(C)(C)OC(=O)NC1CC(Oc2ccc(C(C)(C)c3ccc(Oc4ccc(N5CC6(COC6)C5)nc4)cc3)cc2)C1. The molecule has 2 aromatic carbocycles. The maximum absolute atomic E-state index is 12.0. The standard InChI is InChI=1S/C34H41N3O5/c1-32(2,3)42-31(38)36-25-16-29(17-25)41-27-12-8-24(9-13-27)33(4,5)23-6-10-26(11-7-23)40-28-14-15-30(35-18-28)37-19-34(20-37)21-39-22-34/h6-15,18,25,29H,16-17,19-22H2,1-5H3,(H,36,38).